The molecule has 1 N–H and O–H groups in total. The molecule has 0 aliphatic rings. The van der Waals surface area contributed by atoms with Crippen LogP contribution in [0.5, 0.6) is 0 Å². The maximum atomic E-state index is 12.0. The van der Waals surface area contributed by atoms with E-state index in [2.05, 4.69) is 42.3 Å². The van der Waals surface area contributed by atoms with E-state index in [1.807, 2.05) is 19.1 Å². The van der Waals surface area contributed by atoms with Crippen LogP contribution in [0.15, 0.2) is 37.7 Å². The van der Waals surface area contributed by atoms with Crippen molar-refractivity contribution < 1.29 is 9.32 Å². The van der Waals surface area contributed by atoms with Gasteiger partial charge in [-0.3, -0.25) is 4.79 Å². The Bertz CT molecular complexity index is 581. The lowest BCUT2D eigenvalue weighted by molar-refractivity contribution is 0.0949. The van der Waals surface area contributed by atoms with Crippen LogP contribution in [0.1, 0.15) is 21.8 Å². The number of hydrogen-bond acceptors (Lipinski definition) is 3. The predicted octanol–water partition coefficient (Wildman–Crippen LogP) is 3.44. The third-order valence-corrected chi connectivity index (χ3v) is 3.46. The van der Waals surface area contributed by atoms with Gasteiger partial charge in [0.25, 0.3) is 5.91 Å². The van der Waals surface area contributed by atoms with E-state index in [1.54, 1.807) is 12.1 Å². The van der Waals surface area contributed by atoms with E-state index in [0.717, 1.165) is 14.7 Å². The fourth-order valence-electron chi connectivity index (χ4n) is 1.44. The molecule has 1 heterocycles. The van der Waals surface area contributed by atoms with Crippen molar-refractivity contribution in [3.63, 3.8) is 0 Å². The van der Waals surface area contributed by atoms with Crippen molar-refractivity contribution in [2.24, 2.45) is 0 Å². The maximum Gasteiger partial charge on any atom is 0.252 e. The fraction of sp³-hybridized carbons (Fsp3) is 0.167. The Balaban J connectivity index is 2.05. The van der Waals surface area contributed by atoms with E-state index < -0.39 is 0 Å². The molecule has 4 nitrogen and oxygen atoms in total. The highest BCUT2D eigenvalue weighted by Gasteiger charge is 2.11. The summed E-state index contributed by atoms with van der Waals surface area (Å²) in [5.41, 5.74) is 1.27. The minimum absolute atomic E-state index is 0.163. The summed E-state index contributed by atoms with van der Waals surface area (Å²) >= 11 is 6.68. The fourth-order valence-corrected chi connectivity index (χ4v) is 2.23. The number of aryl methyl sites for hydroxylation is 1. The van der Waals surface area contributed by atoms with Gasteiger partial charge in [-0.1, -0.05) is 21.1 Å². The normalized spacial score (nSPS) is 10.4. The highest BCUT2D eigenvalue weighted by molar-refractivity contribution is 9.11. The standard InChI is InChI=1S/C12H10Br2N2O2/c1-7-4-9(16-18-7)6-15-12(17)10-5-8(13)2-3-11(10)14/h2-5H,6H2,1H3,(H,15,17). The van der Waals surface area contributed by atoms with Crippen molar-refractivity contribution in [2.45, 2.75) is 13.5 Å². The van der Waals surface area contributed by atoms with Crippen LogP contribution < -0.4 is 5.32 Å². The second kappa shape index (κ2) is 5.67. The third-order valence-electron chi connectivity index (χ3n) is 2.28. The average Bonchev–Trinajstić information content (AvgIpc) is 2.75. The summed E-state index contributed by atoms with van der Waals surface area (Å²) < 4.78 is 6.53. The van der Waals surface area contributed by atoms with Crippen LogP contribution in [0.3, 0.4) is 0 Å². The first-order chi connectivity index (χ1) is 8.56. The minimum atomic E-state index is -0.163. The van der Waals surface area contributed by atoms with Gasteiger partial charge in [0, 0.05) is 15.0 Å². The Kier molecular flexibility index (Phi) is 4.19. The molecule has 0 aliphatic carbocycles. The lowest BCUT2D eigenvalue weighted by atomic mass is 10.2. The molecule has 94 valence electrons. The Morgan fingerprint density at radius 3 is 2.83 bits per heavy atom. The lowest BCUT2D eigenvalue weighted by Gasteiger charge is -2.05. The topological polar surface area (TPSA) is 55.1 Å². The quantitative estimate of drug-likeness (QED) is 0.896. The van der Waals surface area contributed by atoms with E-state index in [-0.39, 0.29) is 5.91 Å². The molecule has 0 fully saturated rings. The van der Waals surface area contributed by atoms with Crippen LogP contribution in [-0.2, 0) is 6.54 Å². The second-order valence-corrected chi connectivity index (χ2v) is 5.51. The summed E-state index contributed by atoms with van der Waals surface area (Å²) in [7, 11) is 0. The molecular weight excluding hydrogens is 364 g/mol. The molecule has 2 rings (SSSR count). The zero-order valence-electron chi connectivity index (χ0n) is 9.54. The van der Waals surface area contributed by atoms with Crippen LogP contribution in [0.4, 0.5) is 0 Å². The van der Waals surface area contributed by atoms with Crippen LogP contribution >= 0.6 is 31.9 Å². The number of carbonyl (C=O) groups is 1. The summed E-state index contributed by atoms with van der Waals surface area (Å²) in [6.07, 6.45) is 0. The lowest BCUT2D eigenvalue weighted by Crippen LogP contribution is -2.23. The number of benzene rings is 1. The average molecular weight is 374 g/mol. The van der Waals surface area contributed by atoms with Crippen LogP contribution in [-0.4, -0.2) is 11.1 Å². The van der Waals surface area contributed by atoms with Gasteiger partial charge >= 0.3 is 0 Å². The maximum absolute atomic E-state index is 12.0. The molecule has 0 bridgehead atoms. The van der Waals surface area contributed by atoms with Gasteiger partial charge in [-0.15, -0.1) is 0 Å². The van der Waals surface area contributed by atoms with Crippen LogP contribution in [0.2, 0.25) is 0 Å². The molecule has 6 heteroatoms. The second-order valence-electron chi connectivity index (χ2n) is 3.74. The summed E-state index contributed by atoms with van der Waals surface area (Å²) in [6.45, 7) is 2.15. The van der Waals surface area contributed by atoms with Crippen molar-refractivity contribution in [3.05, 3.63) is 50.2 Å². The SMILES string of the molecule is Cc1cc(CNC(=O)c2cc(Br)ccc2Br)no1. The molecule has 1 amide bonds. The largest absolute Gasteiger partial charge is 0.361 e. The number of aromatic nitrogens is 1. The van der Waals surface area contributed by atoms with E-state index in [1.165, 1.54) is 0 Å². The molecule has 0 spiro atoms. The summed E-state index contributed by atoms with van der Waals surface area (Å²) in [6, 6.07) is 7.23. The Morgan fingerprint density at radius 2 is 2.17 bits per heavy atom. The van der Waals surface area contributed by atoms with Crippen LogP contribution in [0.25, 0.3) is 0 Å². The van der Waals surface area contributed by atoms with E-state index in [0.29, 0.717) is 17.8 Å². The Labute approximate surface area is 121 Å². The molecule has 1 aromatic heterocycles. The zero-order valence-corrected chi connectivity index (χ0v) is 12.7. The van der Waals surface area contributed by atoms with Gasteiger partial charge in [0.15, 0.2) is 0 Å². The molecule has 18 heavy (non-hydrogen) atoms. The molecule has 1 aromatic carbocycles. The number of nitrogens with zero attached hydrogens (tertiary/aromatic N) is 1. The minimum Gasteiger partial charge on any atom is -0.361 e. The molecule has 2 aromatic rings. The van der Waals surface area contributed by atoms with E-state index in [4.69, 9.17) is 4.52 Å². The molecule has 0 radical (unpaired) electrons. The Hall–Kier alpha value is -1.14. The number of halogens is 2. The van der Waals surface area contributed by atoms with Gasteiger partial charge in [-0.2, -0.15) is 0 Å². The summed E-state index contributed by atoms with van der Waals surface area (Å²) in [5.74, 6) is 0.562. The van der Waals surface area contributed by atoms with E-state index >= 15 is 0 Å². The molecular formula is C12H10Br2N2O2. The van der Waals surface area contributed by atoms with Crippen molar-refractivity contribution in [1.82, 2.24) is 10.5 Å². The van der Waals surface area contributed by atoms with Gasteiger partial charge in [0.1, 0.15) is 11.5 Å². The van der Waals surface area contributed by atoms with Gasteiger partial charge in [0.2, 0.25) is 0 Å². The van der Waals surface area contributed by atoms with Crippen molar-refractivity contribution in [2.75, 3.05) is 0 Å². The first-order valence-corrected chi connectivity index (χ1v) is 6.80. The highest BCUT2D eigenvalue weighted by Crippen LogP contribution is 2.21. The van der Waals surface area contributed by atoms with Gasteiger partial charge in [0.05, 0.1) is 12.1 Å². The summed E-state index contributed by atoms with van der Waals surface area (Å²) in [4.78, 5) is 12.0. The number of hydrogen-bond donors (Lipinski definition) is 1. The first-order valence-electron chi connectivity index (χ1n) is 5.21. The van der Waals surface area contributed by atoms with Gasteiger partial charge < -0.3 is 9.84 Å². The molecule has 0 atom stereocenters. The third kappa shape index (κ3) is 3.20. The van der Waals surface area contributed by atoms with Crippen molar-refractivity contribution >= 4 is 37.8 Å². The highest BCUT2D eigenvalue weighted by atomic mass is 79.9. The van der Waals surface area contributed by atoms with Crippen molar-refractivity contribution in [1.29, 1.82) is 0 Å². The molecule has 0 saturated carbocycles. The zero-order chi connectivity index (χ0) is 13.1. The van der Waals surface area contributed by atoms with Gasteiger partial charge in [-0.05, 0) is 41.1 Å². The monoisotopic (exact) mass is 372 g/mol. The smallest absolute Gasteiger partial charge is 0.252 e. The predicted molar refractivity (Wildman–Crippen MR) is 74.3 cm³/mol. The van der Waals surface area contributed by atoms with E-state index in [9.17, 15) is 4.79 Å². The number of rotatable bonds is 3. The molecule has 0 saturated heterocycles. The van der Waals surface area contributed by atoms with Crippen LogP contribution in [0, 0.1) is 6.92 Å². The Morgan fingerprint density at radius 1 is 1.39 bits per heavy atom. The number of nitrogens with one attached hydrogen (secondary N) is 1. The molecule has 0 aliphatic heterocycles. The van der Waals surface area contributed by atoms with Gasteiger partial charge in [-0.25, -0.2) is 0 Å². The molecule has 0 unspecified atom stereocenters. The number of carbonyl (C=O) groups excluding carboxylic acids is 1. The van der Waals surface area contributed by atoms with Crippen molar-refractivity contribution in [3.8, 4) is 0 Å². The number of amides is 1. The summed E-state index contributed by atoms with van der Waals surface area (Å²) in [5, 5.41) is 6.60. The first kappa shape index (κ1) is 13.3.